The molecule has 3 heterocycles. The standard InChI is InChI=1S/C32H41N5O3.CH5N/c1-4-11-35(2)12-10-23-15-27-26(14-25(23)19-38)34-32(36(27)3)28-16-24-6-5-7-29(31(24)37(28)18-21-8-9-21)40-20-22-13-30(39)33-17-22;1-2/h5-7,14-16,19,21-22,32,34H,4,8-13,17-18,20H2,1-3H3,(H,33,39);2H2,1H3. The van der Waals surface area contributed by atoms with Crippen molar-refractivity contribution in [3.05, 3.63) is 53.2 Å². The zero-order valence-electron chi connectivity index (χ0n) is 25.5. The molecule has 226 valence electrons. The van der Waals surface area contributed by atoms with Crippen LogP contribution in [0.3, 0.4) is 0 Å². The van der Waals surface area contributed by atoms with Gasteiger partial charge in [-0.3, -0.25) is 9.59 Å². The van der Waals surface area contributed by atoms with Crippen molar-refractivity contribution in [2.24, 2.45) is 17.6 Å². The molecule has 42 heavy (non-hydrogen) atoms. The van der Waals surface area contributed by atoms with E-state index in [-0.39, 0.29) is 18.0 Å². The van der Waals surface area contributed by atoms with Crippen LogP contribution in [0.4, 0.5) is 11.4 Å². The summed E-state index contributed by atoms with van der Waals surface area (Å²) in [6.45, 7) is 6.34. The Kier molecular flexibility index (Phi) is 9.38. The van der Waals surface area contributed by atoms with Crippen molar-refractivity contribution in [1.29, 1.82) is 0 Å². The number of aromatic nitrogens is 1. The molecule has 2 unspecified atom stereocenters. The molecule has 1 saturated carbocycles. The Morgan fingerprint density at radius 1 is 1.14 bits per heavy atom. The van der Waals surface area contributed by atoms with Crippen LogP contribution in [-0.4, -0.2) is 69.0 Å². The number of carbonyl (C=O) groups excluding carboxylic acids is 2. The third-order valence-corrected chi connectivity index (χ3v) is 8.68. The van der Waals surface area contributed by atoms with Gasteiger partial charge in [0.1, 0.15) is 18.2 Å². The first kappa shape index (κ1) is 29.9. The average Bonchev–Trinajstić information content (AvgIpc) is 3.48. The van der Waals surface area contributed by atoms with E-state index in [2.05, 4.69) is 82.1 Å². The Labute approximate surface area is 249 Å². The van der Waals surface area contributed by atoms with Crippen molar-refractivity contribution in [3.8, 4) is 5.75 Å². The third kappa shape index (κ3) is 6.27. The van der Waals surface area contributed by atoms with Crippen molar-refractivity contribution >= 4 is 34.5 Å². The number of nitrogens with one attached hydrogen (secondary N) is 2. The maximum atomic E-state index is 12.0. The second kappa shape index (κ2) is 13.2. The van der Waals surface area contributed by atoms with E-state index in [9.17, 15) is 9.59 Å². The van der Waals surface area contributed by atoms with Gasteiger partial charge < -0.3 is 35.5 Å². The van der Waals surface area contributed by atoms with Crippen molar-refractivity contribution < 1.29 is 14.3 Å². The lowest BCUT2D eigenvalue weighted by Gasteiger charge is -2.25. The largest absolute Gasteiger partial charge is 0.491 e. The minimum absolute atomic E-state index is 0.0526. The maximum Gasteiger partial charge on any atom is 0.220 e. The Morgan fingerprint density at radius 3 is 2.64 bits per heavy atom. The number of para-hydroxylation sites is 1. The average molecular weight is 575 g/mol. The lowest BCUT2D eigenvalue weighted by atomic mass is 10.0. The second-order valence-electron chi connectivity index (χ2n) is 11.9. The predicted octanol–water partition coefficient (Wildman–Crippen LogP) is 4.40. The summed E-state index contributed by atoms with van der Waals surface area (Å²) < 4.78 is 8.82. The summed E-state index contributed by atoms with van der Waals surface area (Å²) >= 11 is 0. The topological polar surface area (TPSA) is 105 Å². The van der Waals surface area contributed by atoms with E-state index >= 15 is 0 Å². The van der Waals surface area contributed by atoms with E-state index in [1.54, 1.807) is 0 Å². The summed E-state index contributed by atoms with van der Waals surface area (Å²) in [6, 6.07) is 12.8. The summed E-state index contributed by atoms with van der Waals surface area (Å²) in [6.07, 6.45) is 5.94. The molecule has 9 heteroatoms. The molecule has 6 rings (SSSR count). The van der Waals surface area contributed by atoms with Gasteiger partial charge in [-0.25, -0.2) is 0 Å². The SMILES string of the molecule is CCCN(C)CCc1cc2c(cc1C=O)NC(c1cc3cccc(OCC4CNC(=O)C4)c3n1CC1CC1)N2C.CN. The van der Waals surface area contributed by atoms with Crippen LogP contribution in [0.5, 0.6) is 5.75 Å². The molecule has 0 radical (unpaired) electrons. The van der Waals surface area contributed by atoms with Gasteiger partial charge in [-0.05, 0) is 82.1 Å². The number of amides is 1. The Hall–Kier alpha value is -3.56. The van der Waals surface area contributed by atoms with Gasteiger partial charge in [0.15, 0.2) is 0 Å². The first-order valence-corrected chi connectivity index (χ1v) is 15.3. The van der Waals surface area contributed by atoms with Crippen molar-refractivity contribution in [3.63, 3.8) is 0 Å². The monoisotopic (exact) mass is 574 g/mol. The van der Waals surface area contributed by atoms with Gasteiger partial charge in [0, 0.05) is 50.0 Å². The van der Waals surface area contributed by atoms with Crippen molar-refractivity contribution in [1.82, 2.24) is 14.8 Å². The Bertz CT molecular complexity index is 1410. The summed E-state index contributed by atoms with van der Waals surface area (Å²) in [5.41, 5.74) is 10.8. The van der Waals surface area contributed by atoms with Gasteiger partial charge in [0.25, 0.3) is 0 Å². The first-order valence-electron chi connectivity index (χ1n) is 15.3. The van der Waals surface area contributed by atoms with E-state index in [1.807, 2.05) is 6.07 Å². The van der Waals surface area contributed by atoms with Gasteiger partial charge in [-0.15, -0.1) is 0 Å². The van der Waals surface area contributed by atoms with Gasteiger partial charge in [-0.1, -0.05) is 19.1 Å². The Balaban J connectivity index is 0.00000173. The zero-order valence-corrected chi connectivity index (χ0v) is 25.5. The molecule has 1 aliphatic carbocycles. The van der Waals surface area contributed by atoms with Gasteiger partial charge >= 0.3 is 0 Å². The minimum Gasteiger partial charge on any atom is -0.491 e. The number of anilines is 2. The molecule has 2 aromatic carbocycles. The van der Waals surface area contributed by atoms with Crippen LogP contribution in [0.1, 0.15) is 60.4 Å². The fourth-order valence-electron chi connectivity index (χ4n) is 6.24. The van der Waals surface area contributed by atoms with Crippen LogP contribution >= 0.6 is 0 Å². The molecule has 0 spiro atoms. The van der Waals surface area contributed by atoms with Gasteiger partial charge in [-0.2, -0.15) is 0 Å². The number of benzene rings is 2. The first-order chi connectivity index (χ1) is 20.4. The third-order valence-electron chi connectivity index (χ3n) is 8.68. The molecule has 1 amide bonds. The lowest BCUT2D eigenvalue weighted by Crippen LogP contribution is -2.26. The molecule has 1 aromatic heterocycles. The fraction of sp³-hybridized carbons (Fsp3) is 0.515. The normalized spacial score (nSPS) is 19.4. The van der Waals surface area contributed by atoms with Crippen LogP contribution in [0, 0.1) is 11.8 Å². The molecule has 3 aliphatic rings. The molecular weight excluding hydrogens is 528 g/mol. The minimum atomic E-state index is -0.0526. The quantitative estimate of drug-likeness (QED) is 0.276. The molecule has 2 atom stereocenters. The highest BCUT2D eigenvalue weighted by atomic mass is 16.5. The van der Waals surface area contributed by atoms with Crippen LogP contribution in [0.2, 0.25) is 0 Å². The fourth-order valence-corrected chi connectivity index (χ4v) is 6.24. The number of carbonyl (C=O) groups is 2. The van der Waals surface area contributed by atoms with E-state index in [4.69, 9.17) is 4.74 Å². The van der Waals surface area contributed by atoms with Gasteiger partial charge in [0.2, 0.25) is 5.91 Å². The number of hydrogen-bond acceptors (Lipinski definition) is 7. The molecule has 1 saturated heterocycles. The summed E-state index contributed by atoms with van der Waals surface area (Å²) in [7, 11) is 5.78. The summed E-state index contributed by atoms with van der Waals surface area (Å²) in [5, 5.41) is 7.81. The maximum absolute atomic E-state index is 12.0. The van der Waals surface area contributed by atoms with Crippen molar-refractivity contribution in [2.45, 2.75) is 51.7 Å². The number of hydrogen-bond donors (Lipinski definition) is 3. The summed E-state index contributed by atoms with van der Waals surface area (Å²) in [5.74, 6) is 1.87. The smallest absolute Gasteiger partial charge is 0.220 e. The van der Waals surface area contributed by atoms with Gasteiger partial charge in [0.05, 0.1) is 29.2 Å². The lowest BCUT2D eigenvalue weighted by molar-refractivity contribution is -0.119. The molecule has 0 bridgehead atoms. The van der Waals surface area contributed by atoms with Crippen LogP contribution in [-0.2, 0) is 17.8 Å². The molecule has 2 fully saturated rings. The van der Waals surface area contributed by atoms with Crippen LogP contribution < -0.4 is 26.0 Å². The number of aldehydes is 1. The molecule has 2 aliphatic heterocycles. The van der Waals surface area contributed by atoms with E-state index in [1.165, 1.54) is 25.6 Å². The van der Waals surface area contributed by atoms with Crippen LogP contribution in [0.25, 0.3) is 10.9 Å². The molecule has 3 aromatic rings. The summed E-state index contributed by atoms with van der Waals surface area (Å²) in [4.78, 5) is 28.4. The highest BCUT2D eigenvalue weighted by Gasteiger charge is 2.33. The number of nitrogens with two attached hydrogens (primary N) is 1. The second-order valence-corrected chi connectivity index (χ2v) is 11.9. The van der Waals surface area contributed by atoms with Crippen LogP contribution in [0.15, 0.2) is 36.4 Å². The van der Waals surface area contributed by atoms with E-state index < -0.39 is 0 Å². The Morgan fingerprint density at radius 2 is 1.95 bits per heavy atom. The molecule has 9 nitrogen and oxygen atoms in total. The number of likely N-dealkylation sites (N-methyl/N-ethyl adjacent to an activating group) is 1. The van der Waals surface area contributed by atoms with E-state index in [0.29, 0.717) is 25.5 Å². The number of ether oxygens (including phenoxy) is 1. The zero-order chi connectivity index (χ0) is 29.8. The molecular formula is C33H46N6O3. The highest BCUT2D eigenvalue weighted by Crippen LogP contribution is 2.45. The number of rotatable bonds is 12. The molecule has 4 N–H and O–H groups in total. The number of fused-ring (bicyclic) bond motifs is 2. The van der Waals surface area contributed by atoms with Crippen molar-refractivity contribution in [2.75, 3.05) is 57.6 Å². The predicted molar refractivity (Wildman–Crippen MR) is 169 cm³/mol. The number of nitrogens with zero attached hydrogens (tertiary/aromatic N) is 3. The highest BCUT2D eigenvalue weighted by molar-refractivity contribution is 5.90. The van der Waals surface area contributed by atoms with E-state index in [0.717, 1.165) is 77.9 Å².